The first-order valence-corrected chi connectivity index (χ1v) is 9.33. The van der Waals surface area contributed by atoms with Gasteiger partial charge in [-0.05, 0) is 61.6 Å². The van der Waals surface area contributed by atoms with E-state index in [2.05, 4.69) is 35.9 Å². The largest absolute Gasteiger partial charge is 0.464 e. The molecular weight excluding hydrogens is 308 g/mol. The van der Waals surface area contributed by atoms with Gasteiger partial charge >= 0.3 is 0 Å². The first-order chi connectivity index (χ1) is 12.4. The Kier molecular flexibility index (Phi) is 3.40. The second kappa shape index (κ2) is 5.76. The minimum atomic E-state index is 0.922. The fourth-order valence-electron chi connectivity index (χ4n) is 4.26. The van der Waals surface area contributed by atoms with Crippen molar-refractivity contribution >= 4 is 21.8 Å². The summed E-state index contributed by atoms with van der Waals surface area (Å²) in [4.78, 5) is 4.87. The molecule has 0 atom stereocenters. The van der Waals surface area contributed by atoms with Crippen molar-refractivity contribution in [1.82, 2.24) is 9.55 Å². The van der Waals surface area contributed by atoms with Crippen LogP contribution in [0.4, 0.5) is 0 Å². The van der Waals surface area contributed by atoms with Gasteiger partial charge in [0.1, 0.15) is 5.76 Å². The maximum absolute atomic E-state index is 5.59. The predicted molar refractivity (Wildman–Crippen MR) is 102 cm³/mol. The molecule has 0 unspecified atom stereocenters. The monoisotopic (exact) mass is 330 g/mol. The molecule has 0 aliphatic carbocycles. The van der Waals surface area contributed by atoms with Crippen molar-refractivity contribution in [2.75, 3.05) is 0 Å². The average molecular weight is 330 g/mol. The Labute approximate surface area is 147 Å². The minimum absolute atomic E-state index is 0.922. The zero-order valence-electron chi connectivity index (χ0n) is 14.6. The van der Waals surface area contributed by atoms with Gasteiger partial charge in [-0.15, -0.1) is 0 Å². The smallest absolute Gasteiger partial charge is 0.133 e. The van der Waals surface area contributed by atoms with Gasteiger partial charge < -0.3 is 8.98 Å². The molecule has 25 heavy (non-hydrogen) atoms. The van der Waals surface area contributed by atoms with Crippen LogP contribution in [0.3, 0.4) is 0 Å². The van der Waals surface area contributed by atoms with Gasteiger partial charge in [-0.1, -0.05) is 13.3 Å². The van der Waals surface area contributed by atoms with Crippen molar-refractivity contribution in [1.29, 1.82) is 0 Å². The van der Waals surface area contributed by atoms with Crippen LogP contribution in [0.2, 0.25) is 0 Å². The van der Waals surface area contributed by atoms with Crippen LogP contribution < -0.4 is 0 Å². The second-order valence-corrected chi connectivity index (χ2v) is 7.01. The van der Waals surface area contributed by atoms with Gasteiger partial charge in [0.2, 0.25) is 0 Å². The fourth-order valence-corrected chi connectivity index (χ4v) is 4.26. The molecule has 0 fully saturated rings. The molecule has 0 radical (unpaired) electrons. The quantitative estimate of drug-likeness (QED) is 0.478. The fraction of sp³-hybridized carbons (Fsp3) is 0.318. The highest BCUT2D eigenvalue weighted by Gasteiger charge is 2.21. The Morgan fingerprint density at radius 2 is 2.16 bits per heavy atom. The topological polar surface area (TPSA) is 31.0 Å². The number of furan rings is 1. The molecule has 4 aromatic rings. The first-order valence-electron chi connectivity index (χ1n) is 9.33. The molecule has 3 nitrogen and oxygen atoms in total. The van der Waals surface area contributed by atoms with Crippen molar-refractivity contribution in [3.8, 4) is 11.3 Å². The van der Waals surface area contributed by atoms with E-state index in [0.29, 0.717) is 0 Å². The second-order valence-electron chi connectivity index (χ2n) is 7.01. The molecule has 126 valence electrons. The van der Waals surface area contributed by atoms with Crippen LogP contribution in [0.1, 0.15) is 37.4 Å². The van der Waals surface area contributed by atoms with E-state index in [1.54, 1.807) is 6.26 Å². The highest BCUT2D eigenvalue weighted by atomic mass is 16.3. The lowest BCUT2D eigenvalue weighted by Crippen LogP contribution is -2.10. The summed E-state index contributed by atoms with van der Waals surface area (Å²) in [6.45, 7) is 3.35. The maximum Gasteiger partial charge on any atom is 0.133 e. The van der Waals surface area contributed by atoms with Crippen LogP contribution in [0, 0.1) is 0 Å². The van der Waals surface area contributed by atoms with E-state index in [-0.39, 0.29) is 0 Å². The molecule has 1 aliphatic rings. The molecule has 0 bridgehead atoms. The summed E-state index contributed by atoms with van der Waals surface area (Å²) in [6, 6.07) is 10.6. The Morgan fingerprint density at radius 3 is 3.00 bits per heavy atom. The van der Waals surface area contributed by atoms with Crippen LogP contribution in [0.5, 0.6) is 0 Å². The lowest BCUT2D eigenvalue weighted by atomic mass is 9.99. The summed E-state index contributed by atoms with van der Waals surface area (Å²) >= 11 is 0. The van der Waals surface area contributed by atoms with E-state index in [1.165, 1.54) is 52.3 Å². The number of hydrogen-bond acceptors (Lipinski definition) is 2. The number of unbranched alkanes of at least 4 members (excludes halogenated alkanes) is 1. The molecule has 4 heterocycles. The van der Waals surface area contributed by atoms with Gasteiger partial charge in [0.15, 0.2) is 0 Å². The van der Waals surface area contributed by atoms with Crippen LogP contribution in [-0.4, -0.2) is 9.55 Å². The number of rotatable bonds is 4. The third kappa shape index (κ3) is 2.22. The minimum Gasteiger partial charge on any atom is -0.464 e. The van der Waals surface area contributed by atoms with Gasteiger partial charge in [0, 0.05) is 40.3 Å². The molecule has 0 spiro atoms. The predicted octanol–water partition coefficient (Wildman–Crippen LogP) is 5.74. The lowest BCUT2D eigenvalue weighted by Gasteiger charge is -2.18. The summed E-state index contributed by atoms with van der Waals surface area (Å²) in [7, 11) is 0. The normalized spacial score (nSPS) is 13.8. The van der Waals surface area contributed by atoms with Crippen molar-refractivity contribution in [3.05, 3.63) is 54.0 Å². The van der Waals surface area contributed by atoms with E-state index in [1.807, 2.05) is 12.1 Å². The third-order valence-corrected chi connectivity index (χ3v) is 5.47. The number of benzene rings is 1. The molecule has 0 saturated heterocycles. The van der Waals surface area contributed by atoms with E-state index >= 15 is 0 Å². The lowest BCUT2D eigenvalue weighted by molar-refractivity contribution is 0.582. The zero-order chi connectivity index (χ0) is 16.8. The summed E-state index contributed by atoms with van der Waals surface area (Å²) in [5, 5.41) is 2.58. The summed E-state index contributed by atoms with van der Waals surface area (Å²) < 4.78 is 8.10. The highest BCUT2D eigenvalue weighted by Crippen LogP contribution is 2.37. The number of aromatic nitrogens is 2. The molecule has 3 heteroatoms. The maximum atomic E-state index is 5.59. The summed E-state index contributed by atoms with van der Waals surface area (Å²) in [5.74, 6) is 0.922. The zero-order valence-corrected chi connectivity index (χ0v) is 14.6. The number of nitrogens with zero attached hydrogens (tertiary/aromatic N) is 2. The molecule has 1 aliphatic heterocycles. The number of hydrogen-bond donors (Lipinski definition) is 0. The number of aryl methyl sites for hydroxylation is 3. The van der Waals surface area contributed by atoms with Crippen molar-refractivity contribution in [3.63, 3.8) is 0 Å². The van der Waals surface area contributed by atoms with Gasteiger partial charge in [-0.2, -0.15) is 0 Å². The molecule has 0 N–H and O–H groups in total. The molecule has 5 rings (SSSR count). The van der Waals surface area contributed by atoms with E-state index in [9.17, 15) is 0 Å². The van der Waals surface area contributed by atoms with E-state index in [4.69, 9.17) is 9.40 Å². The Morgan fingerprint density at radius 1 is 1.20 bits per heavy atom. The van der Waals surface area contributed by atoms with Crippen LogP contribution in [0.15, 0.2) is 47.2 Å². The number of pyridine rings is 1. The van der Waals surface area contributed by atoms with Crippen molar-refractivity contribution in [2.45, 2.75) is 45.6 Å². The molecule has 0 amide bonds. The molecule has 3 aromatic heterocycles. The molecule has 0 saturated carbocycles. The molecule has 1 aromatic carbocycles. The van der Waals surface area contributed by atoms with E-state index < -0.39 is 0 Å². The standard InChI is InChI=1S/C22H22N2O/c1-2-3-7-19-16-6-4-11-24-20-10-9-15(21-8-5-12-25-21)13-17(20)18(14-23-19)22(16)24/h5,8-10,12-14H,2-4,6-7,11H2,1H3. The van der Waals surface area contributed by atoms with E-state index in [0.717, 1.165) is 30.7 Å². The van der Waals surface area contributed by atoms with Crippen LogP contribution >= 0.6 is 0 Å². The highest BCUT2D eigenvalue weighted by molar-refractivity contribution is 6.10. The van der Waals surface area contributed by atoms with Gasteiger partial charge in [-0.3, -0.25) is 4.98 Å². The molecular formula is C22H22N2O. The third-order valence-electron chi connectivity index (χ3n) is 5.47. The van der Waals surface area contributed by atoms with Crippen LogP contribution in [0.25, 0.3) is 33.1 Å². The SMILES string of the molecule is CCCCc1ncc2c3cc(-c4ccco4)ccc3n3c2c1CCC3. The summed E-state index contributed by atoms with van der Waals surface area (Å²) in [5.41, 5.74) is 6.66. The Balaban J connectivity index is 1.77. The van der Waals surface area contributed by atoms with Crippen molar-refractivity contribution < 1.29 is 4.42 Å². The van der Waals surface area contributed by atoms with Gasteiger partial charge in [-0.25, -0.2) is 0 Å². The van der Waals surface area contributed by atoms with Crippen LogP contribution in [-0.2, 0) is 19.4 Å². The number of fused-ring (bicyclic) bond motifs is 3. The summed E-state index contributed by atoms with van der Waals surface area (Å²) in [6.07, 6.45) is 9.72. The van der Waals surface area contributed by atoms with Crippen molar-refractivity contribution in [2.24, 2.45) is 0 Å². The first kappa shape index (κ1) is 14.8. The van der Waals surface area contributed by atoms with Gasteiger partial charge in [0.25, 0.3) is 0 Å². The Hall–Kier alpha value is -2.55. The Bertz CT molecular complexity index is 1060. The average Bonchev–Trinajstić information content (AvgIpc) is 3.29. The van der Waals surface area contributed by atoms with Gasteiger partial charge in [0.05, 0.1) is 11.8 Å².